The second-order valence-electron chi connectivity index (χ2n) is 2.72. The number of halogens is 1. The Kier molecular flexibility index (Phi) is 4.40. The van der Waals surface area contributed by atoms with Gasteiger partial charge < -0.3 is 4.74 Å². The number of hydrogen-bond donors (Lipinski definition) is 0. The van der Waals surface area contributed by atoms with Gasteiger partial charge >= 0.3 is 5.97 Å². The minimum atomic E-state index is -0.322. The molecular formula is C11H11BrO2. The summed E-state index contributed by atoms with van der Waals surface area (Å²) in [6.45, 7) is 0. The van der Waals surface area contributed by atoms with Gasteiger partial charge in [-0.1, -0.05) is 40.2 Å². The molecular weight excluding hydrogens is 244 g/mol. The molecule has 0 unspecified atom stereocenters. The van der Waals surface area contributed by atoms with Crippen LogP contribution >= 0.6 is 15.9 Å². The molecule has 0 atom stereocenters. The molecule has 2 nitrogen and oxygen atoms in total. The average molecular weight is 255 g/mol. The summed E-state index contributed by atoms with van der Waals surface area (Å²) in [5.41, 5.74) is 1.15. The highest BCUT2D eigenvalue weighted by Gasteiger charge is 1.95. The van der Waals surface area contributed by atoms with Crippen molar-refractivity contribution in [1.82, 2.24) is 0 Å². The van der Waals surface area contributed by atoms with E-state index in [-0.39, 0.29) is 5.97 Å². The Balaban J connectivity index is 2.58. The number of methoxy groups -OCH3 is 1. The molecule has 0 amide bonds. The Hall–Kier alpha value is -1.09. The van der Waals surface area contributed by atoms with Crippen LogP contribution in [-0.4, -0.2) is 13.1 Å². The van der Waals surface area contributed by atoms with Crippen molar-refractivity contribution < 1.29 is 9.53 Å². The number of hydrogen-bond acceptors (Lipinski definition) is 2. The van der Waals surface area contributed by atoms with E-state index in [0.29, 0.717) is 0 Å². The van der Waals surface area contributed by atoms with Crippen LogP contribution in [0.25, 0.3) is 0 Å². The van der Waals surface area contributed by atoms with Gasteiger partial charge in [0.15, 0.2) is 0 Å². The molecule has 0 aromatic heterocycles. The molecule has 0 saturated heterocycles. The molecule has 0 bridgehead atoms. The van der Waals surface area contributed by atoms with Crippen LogP contribution in [0.15, 0.2) is 40.9 Å². The summed E-state index contributed by atoms with van der Waals surface area (Å²) in [5, 5.41) is 0. The summed E-state index contributed by atoms with van der Waals surface area (Å²) in [6, 6.07) is 7.90. The minimum absolute atomic E-state index is 0.322. The second kappa shape index (κ2) is 5.60. The van der Waals surface area contributed by atoms with E-state index >= 15 is 0 Å². The Bertz CT molecular complexity index is 345. The van der Waals surface area contributed by atoms with Crippen LogP contribution in [0.4, 0.5) is 0 Å². The van der Waals surface area contributed by atoms with Gasteiger partial charge in [-0.05, 0) is 18.1 Å². The first kappa shape index (κ1) is 11.0. The number of rotatable bonds is 3. The molecule has 1 rings (SSSR count). The van der Waals surface area contributed by atoms with Gasteiger partial charge in [-0.15, -0.1) is 0 Å². The molecule has 0 heterocycles. The van der Waals surface area contributed by atoms with Crippen LogP contribution in [0.2, 0.25) is 0 Å². The summed E-state index contributed by atoms with van der Waals surface area (Å²) in [5.74, 6) is -0.322. The molecule has 0 aliphatic heterocycles. The van der Waals surface area contributed by atoms with E-state index in [1.807, 2.05) is 24.3 Å². The Morgan fingerprint density at radius 2 is 2.21 bits per heavy atom. The number of benzene rings is 1. The number of ether oxygens (including phenoxy) is 1. The molecule has 0 N–H and O–H groups in total. The van der Waals surface area contributed by atoms with Gasteiger partial charge in [0.2, 0.25) is 0 Å². The topological polar surface area (TPSA) is 26.3 Å². The summed E-state index contributed by atoms with van der Waals surface area (Å²) in [7, 11) is 1.37. The maximum atomic E-state index is 10.8. The monoisotopic (exact) mass is 254 g/mol. The lowest BCUT2D eigenvalue weighted by Crippen LogP contribution is -1.94. The molecule has 3 heteroatoms. The lowest BCUT2D eigenvalue weighted by molar-refractivity contribution is -0.134. The van der Waals surface area contributed by atoms with Gasteiger partial charge in [0.25, 0.3) is 0 Å². The van der Waals surface area contributed by atoms with Gasteiger partial charge in [-0.3, -0.25) is 0 Å². The lowest BCUT2D eigenvalue weighted by atomic mass is 10.1. The third kappa shape index (κ3) is 3.34. The number of allylic oxidation sites excluding steroid dienone is 1. The SMILES string of the molecule is COC(=O)/C=C\Cc1ccccc1Br. The van der Waals surface area contributed by atoms with Crippen molar-refractivity contribution in [3.05, 3.63) is 46.5 Å². The zero-order chi connectivity index (χ0) is 10.4. The van der Waals surface area contributed by atoms with Crippen LogP contribution in [0.3, 0.4) is 0 Å². The Morgan fingerprint density at radius 1 is 1.50 bits per heavy atom. The molecule has 0 radical (unpaired) electrons. The summed E-state index contributed by atoms with van der Waals surface area (Å²) < 4.78 is 5.53. The largest absolute Gasteiger partial charge is 0.466 e. The number of esters is 1. The van der Waals surface area contributed by atoms with Crippen LogP contribution in [0, 0.1) is 0 Å². The van der Waals surface area contributed by atoms with Crippen molar-refractivity contribution in [2.75, 3.05) is 7.11 Å². The lowest BCUT2D eigenvalue weighted by Gasteiger charge is -1.98. The highest BCUT2D eigenvalue weighted by molar-refractivity contribution is 9.10. The first-order valence-corrected chi connectivity index (χ1v) is 5.01. The first-order valence-electron chi connectivity index (χ1n) is 4.22. The fourth-order valence-corrected chi connectivity index (χ4v) is 1.46. The predicted molar refractivity (Wildman–Crippen MR) is 59.0 cm³/mol. The molecule has 0 saturated carbocycles. The average Bonchev–Trinajstić information content (AvgIpc) is 2.20. The number of carbonyl (C=O) groups excluding carboxylic acids is 1. The van der Waals surface area contributed by atoms with E-state index in [0.717, 1.165) is 16.5 Å². The van der Waals surface area contributed by atoms with E-state index in [2.05, 4.69) is 20.7 Å². The predicted octanol–water partition coefficient (Wildman–Crippen LogP) is 2.72. The van der Waals surface area contributed by atoms with Crippen LogP contribution in [0.5, 0.6) is 0 Å². The van der Waals surface area contributed by atoms with Gasteiger partial charge in [0, 0.05) is 10.5 Å². The Morgan fingerprint density at radius 3 is 2.86 bits per heavy atom. The van der Waals surface area contributed by atoms with E-state index < -0.39 is 0 Å². The maximum Gasteiger partial charge on any atom is 0.330 e. The van der Waals surface area contributed by atoms with Gasteiger partial charge in [0.05, 0.1) is 7.11 Å². The standard InChI is InChI=1S/C11H11BrO2/c1-14-11(13)8-4-6-9-5-2-3-7-10(9)12/h2-5,7-8H,6H2,1H3/b8-4-. The zero-order valence-corrected chi connectivity index (χ0v) is 9.45. The quantitative estimate of drug-likeness (QED) is 0.613. The minimum Gasteiger partial charge on any atom is -0.466 e. The fourth-order valence-electron chi connectivity index (χ4n) is 1.01. The molecule has 1 aromatic rings. The molecule has 74 valence electrons. The van der Waals surface area contributed by atoms with Crippen molar-refractivity contribution in [1.29, 1.82) is 0 Å². The third-order valence-corrected chi connectivity index (χ3v) is 2.52. The smallest absolute Gasteiger partial charge is 0.330 e. The van der Waals surface area contributed by atoms with E-state index in [9.17, 15) is 4.79 Å². The van der Waals surface area contributed by atoms with Crippen molar-refractivity contribution in [2.24, 2.45) is 0 Å². The van der Waals surface area contributed by atoms with Crippen molar-refractivity contribution in [2.45, 2.75) is 6.42 Å². The van der Waals surface area contributed by atoms with Crippen molar-refractivity contribution >= 4 is 21.9 Å². The zero-order valence-electron chi connectivity index (χ0n) is 7.87. The van der Waals surface area contributed by atoms with Gasteiger partial charge in [-0.2, -0.15) is 0 Å². The fraction of sp³-hybridized carbons (Fsp3) is 0.182. The van der Waals surface area contributed by atoms with Gasteiger partial charge in [-0.25, -0.2) is 4.79 Å². The number of carbonyl (C=O) groups is 1. The summed E-state index contributed by atoms with van der Waals surface area (Å²) in [4.78, 5) is 10.8. The summed E-state index contributed by atoms with van der Waals surface area (Å²) in [6.07, 6.45) is 3.93. The van der Waals surface area contributed by atoms with E-state index in [1.54, 1.807) is 6.08 Å². The van der Waals surface area contributed by atoms with Crippen LogP contribution in [0.1, 0.15) is 5.56 Å². The van der Waals surface area contributed by atoms with E-state index in [4.69, 9.17) is 0 Å². The van der Waals surface area contributed by atoms with Crippen molar-refractivity contribution in [3.8, 4) is 0 Å². The highest BCUT2D eigenvalue weighted by atomic mass is 79.9. The van der Waals surface area contributed by atoms with Gasteiger partial charge in [0.1, 0.15) is 0 Å². The Labute approximate surface area is 91.7 Å². The first-order chi connectivity index (χ1) is 6.74. The maximum absolute atomic E-state index is 10.8. The summed E-state index contributed by atoms with van der Waals surface area (Å²) >= 11 is 3.43. The molecule has 0 aliphatic rings. The molecule has 0 spiro atoms. The third-order valence-electron chi connectivity index (χ3n) is 1.75. The highest BCUT2D eigenvalue weighted by Crippen LogP contribution is 2.16. The molecule has 0 aliphatic carbocycles. The second-order valence-corrected chi connectivity index (χ2v) is 3.58. The van der Waals surface area contributed by atoms with Crippen LogP contribution < -0.4 is 0 Å². The molecule has 14 heavy (non-hydrogen) atoms. The normalized spacial score (nSPS) is 10.4. The van der Waals surface area contributed by atoms with Crippen molar-refractivity contribution in [3.63, 3.8) is 0 Å². The van der Waals surface area contributed by atoms with Crippen LogP contribution in [-0.2, 0) is 16.0 Å². The molecule has 0 fully saturated rings. The molecule has 1 aromatic carbocycles. The van der Waals surface area contributed by atoms with E-state index in [1.165, 1.54) is 13.2 Å².